The molecule has 1 N–H and O–H groups in total. The van der Waals surface area contributed by atoms with Crippen LogP contribution < -0.4 is 0 Å². The van der Waals surface area contributed by atoms with Crippen molar-refractivity contribution in [2.75, 3.05) is 0 Å². The molecule has 12 heavy (non-hydrogen) atoms. The van der Waals surface area contributed by atoms with Gasteiger partial charge in [0.05, 0.1) is 5.60 Å². The Bertz CT molecular complexity index is 167. The number of Topliss-reactive ketones (excluding diaryl/α,β-unsaturated/α-hetero) is 1. The van der Waals surface area contributed by atoms with Crippen molar-refractivity contribution < 1.29 is 9.90 Å². The molecule has 0 heterocycles. The molecule has 1 unspecified atom stereocenters. The van der Waals surface area contributed by atoms with Gasteiger partial charge in [-0.25, -0.2) is 0 Å². The van der Waals surface area contributed by atoms with Crippen molar-refractivity contribution in [2.45, 2.75) is 51.6 Å². The molecule has 2 heteroatoms. The number of ketones is 1. The van der Waals surface area contributed by atoms with Gasteiger partial charge in [0.2, 0.25) is 0 Å². The summed E-state index contributed by atoms with van der Waals surface area (Å²) in [6.07, 6.45) is 4.45. The fourth-order valence-corrected chi connectivity index (χ4v) is 1.72. The van der Waals surface area contributed by atoms with E-state index in [1.54, 1.807) is 13.8 Å². The number of rotatable bonds is 3. The van der Waals surface area contributed by atoms with Crippen LogP contribution in [-0.4, -0.2) is 16.5 Å². The molecule has 70 valence electrons. The van der Waals surface area contributed by atoms with Crippen molar-refractivity contribution in [3.8, 4) is 0 Å². The third-order valence-electron chi connectivity index (χ3n) is 2.54. The maximum Gasteiger partial charge on any atom is 0.135 e. The fourth-order valence-electron chi connectivity index (χ4n) is 1.72. The number of carbonyl (C=O) groups is 1. The van der Waals surface area contributed by atoms with E-state index in [-0.39, 0.29) is 5.92 Å². The number of aliphatic hydroxyl groups is 1. The quantitative estimate of drug-likeness (QED) is 0.702. The van der Waals surface area contributed by atoms with Crippen LogP contribution in [0.1, 0.15) is 46.0 Å². The van der Waals surface area contributed by atoms with E-state index in [0.29, 0.717) is 5.78 Å². The summed E-state index contributed by atoms with van der Waals surface area (Å²) in [4.78, 5) is 11.2. The van der Waals surface area contributed by atoms with E-state index in [1.807, 2.05) is 0 Å². The number of hydrogen-bond acceptors (Lipinski definition) is 2. The maximum atomic E-state index is 11.2. The van der Waals surface area contributed by atoms with Crippen molar-refractivity contribution in [3.63, 3.8) is 0 Å². The van der Waals surface area contributed by atoms with Crippen molar-refractivity contribution in [3.05, 3.63) is 0 Å². The van der Waals surface area contributed by atoms with Gasteiger partial charge in [0.1, 0.15) is 5.78 Å². The van der Waals surface area contributed by atoms with Gasteiger partial charge < -0.3 is 5.11 Å². The number of hydrogen-bond donors (Lipinski definition) is 1. The van der Waals surface area contributed by atoms with Crippen LogP contribution in [0.2, 0.25) is 0 Å². The Labute approximate surface area is 74.0 Å². The summed E-state index contributed by atoms with van der Waals surface area (Å²) in [5.74, 6) is 0.649. The van der Waals surface area contributed by atoms with Gasteiger partial charge in [-0.05, 0) is 39.5 Å². The highest BCUT2D eigenvalue weighted by Gasteiger charge is 2.26. The Morgan fingerprint density at radius 3 is 2.67 bits per heavy atom. The van der Waals surface area contributed by atoms with Gasteiger partial charge in [-0.15, -0.1) is 0 Å². The van der Waals surface area contributed by atoms with Crippen LogP contribution in [0, 0.1) is 5.92 Å². The minimum Gasteiger partial charge on any atom is -0.390 e. The lowest BCUT2D eigenvalue weighted by atomic mass is 9.93. The normalized spacial score (nSPS) is 24.9. The van der Waals surface area contributed by atoms with Crippen molar-refractivity contribution >= 4 is 5.78 Å². The first-order valence-electron chi connectivity index (χ1n) is 4.74. The minimum absolute atomic E-state index is 0.247. The molecule has 0 saturated heterocycles. The van der Waals surface area contributed by atoms with Crippen molar-refractivity contribution in [2.24, 2.45) is 5.92 Å². The SMILES string of the molecule is CC(C)(O)CCC1CCCC1=O. The largest absolute Gasteiger partial charge is 0.390 e. The molecule has 1 atom stereocenters. The third kappa shape index (κ3) is 2.94. The van der Waals surface area contributed by atoms with Gasteiger partial charge in [-0.3, -0.25) is 4.79 Å². The van der Waals surface area contributed by atoms with E-state index in [9.17, 15) is 9.90 Å². The summed E-state index contributed by atoms with van der Waals surface area (Å²) in [6.45, 7) is 3.60. The molecule has 2 nitrogen and oxygen atoms in total. The predicted octanol–water partition coefficient (Wildman–Crippen LogP) is 1.91. The molecular formula is C10H18O2. The highest BCUT2D eigenvalue weighted by atomic mass is 16.3. The summed E-state index contributed by atoms with van der Waals surface area (Å²) < 4.78 is 0. The van der Waals surface area contributed by atoms with Crippen molar-refractivity contribution in [1.82, 2.24) is 0 Å². The van der Waals surface area contributed by atoms with Gasteiger partial charge in [0, 0.05) is 12.3 Å². The van der Waals surface area contributed by atoms with Crippen LogP contribution in [0.3, 0.4) is 0 Å². The van der Waals surface area contributed by atoms with E-state index in [0.717, 1.165) is 32.1 Å². The summed E-state index contributed by atoms with van der Waals surface area (Å²) in [5, 5.41) is 9.45. The molecule has 1 aliphatic rings. The van der Waals surface area contributed by atoms with Crippen LogP contribution in [0.15, 0.2) is 0 Å². The van der Waals surface area contributed by atoms with Crippen LogP contribution >= 0.6 is 0 Å². The van der Waals surface area contributed by atoms with Crippen LogP contribution in [0.4, 0.5) is 0 Å². The van der Waals surface area contributed by atoms with Crippen LogP contribution in [0.5, 0.6) is 0 Å². The monoisotopic (exact) mass is 170 g/mol. The van der Waals surface area contributed by atoms with E-state index >= 15 is 0 Å². The standard InChI is InChI=1S/C10H18O2/c1-10(2,12)7-6-8-4-3-5-9(8)11/h8,12H,3-7H2,1-2H3. The van der Waals surface area contributed by atoms with Crippen molar-refractivity contribution in [1.29, 1.82) is 0 Å². The lowest BCUT2D eigenvalue weighted by Gasteiger charge is -2.18. The first-order valence-corrected chi connectivity index (χ1v) is 4.74. The summed E-state index contributed by atoms with van der Waals surface area (Å²) in [7, 11) is 0. The minimum atomic E-state index is -0.608. The summed E-state index contributed by atoms with van der Waals surface area (Å²) in [5.41, 5.74) is -0.608. The highest BCUT2D eigenvalue weighted by molar-refractivity contribution is 5.82. The van der Waals surface area contributed by atoms with Gasteiger partial charge in [-0.1, -0.05) is 0 Å². The summed E-state index contributed by atoms with van der Waals surface area (Å²) in [6, 6.07) is 0. The van der Waals surface area contributed by atoms with E-state index in [1.165, 1.54) is 0 Å². The Morgan fingerprint density at radius 1 is 1.58 bits per heavy atom. The van der Waals surface area contributed by atoms with Gasteiger partial charge >= 0.3 is 0 Å². The first-order chi connectivity index (χ1) is 5.49. The molecule has 1 aliphatic carbocycles. The zero-order chi connectivity index (χ0) is 9.19. The lowest BCUT2D eigenvalue weighted by molar-refractivity contribution is -0.121. The first kappa shape index (κ1) is 9.72. The zero-order valence-electron chi connectivity index (χ0n) is 7.97. The van der Waals surface area contributed by atoms with Crippen LogP contribution in [0.25, 0.3) is 0 Å². The molecule has 0 bridgehead atoms. The smallest absolute Gasteiger partial charge is 0.135 e. The topological polar surface area (TPSA) is 37.3 Å². The van der Waals surface area contributed by atoms with E-state index < -0.39 is 5.60 Å². The molecule has 1 fully saturated rings. The average Bonchev–Trinajstić information content (AvgIpc) is 2.29. The van der Waals surface area contributed by atoms with Gasteiger partial charge in [0.15, 0.2) is 0 Å². The highest BCUT2D eigenvalue weighted by Crippen LogP contribution is 2.27. The molecule has 0 aromatic heterocycles. The molecule has 0 radical (unpaired) electrons. The Hall–Kier alpha value is -0.370. The second-order valence-corrected chi connectivity index (χ2v) is 4.41. The average molecular weight is 170 g/mol. The molecule has 0 aromatic rings. The number of carbonyl (C=O) groups excluding carboxylic acids is 1. The Kier molecular flexibility index (Phi) is 2.89. The Morgan fingerprint density at radius 2 is 2.25 bits per heavy atom. The molecule has 0 spiro atoms. The fraction of sp³-hybridized carbons (Fsp3) is 0.900. The lowest BCUT2D eigenvalue weighted by Crippen LogP contribution is -2.20. The summed E-state index contributed by atoms with van der Waals surface area (Å²) >= 11 is 0. The van der Waals surface area contributed by atoms with Gasteiger partial charge in [0.25, 0.3) is 0 Å². The molecule has 0 aliphatic heterocycles. The zero-order valence-corrected chi connectivity index (χ0v) is 7.97. The second kappa shape index (κ2) is 3.56. The molecule has 0 aromatic carbocycles. The molecule has 1 rings (SSSR count). The molecule has 0 amide bonds. The third-order valence-corrected chi connectivity index (χ3v) is 2.54. The molecular weight excluding hydrogens is 152 g/mol. The van der Waals surface area contributed by atoms with Gasteiger partial charge in [-0.2, -0.15) is 0 Å². The van der Waals surface area contributed by atoms with E-state index in [2.05, 4.69) is 0 Å². The maximum absolute atomic E-state index is 11.2. The molecule has 1 saturated carbocycles. The van der Waals surface area contributed by atoms with Crippen LogP contribution in [-0.2, 0) is 4.79 Å². The predicted molar refractivity (Wildman–Crippen MR) is 47.9 cm³/mol. The second-order valence-electron chi connectivity index (χ2n) is 4.41. The Balaban J connectivity index is 2.27. The van der Waals surface area contributed by atoms with E-state index in [4.69, 9.17) is 0 Å².